The van der Waals surface area contributed by atoms with Crippen LogP contribution in [0, 0.1) is 0 Å². The SMILES string of the molecule is CN(C)C(=O)CCc1ccc(OC(F)(F)F)cc1. The second-order valence-electron chi connectivity index (χ2n) is 3.98. The number of hydrogen-bond acceptors (Lipinski definition) is 2. The zero-order valence-electron chi connectivity index (χ0n) is 10.1. The van der Waals surface area contributed by atoms with Gasteiger partial charge in [0.1, 0.15) is 5.75 Å². The molecule has 100 valence electrons. The first kappa shape index (κ1) is 14.3. The molecule has 3 nitrogen and oxygen atoms in total. The van der Waals surface area contributed by atoms with Gasteiger partial charge in [-0.2, -0.15) is 0 Å². The van der Waals surface area contributed by atoms with Gasteiger partial charge in [-0.15, -0.1) is 13.2 Å². The van der Waals surface area contributed by atoms with Gasteiger partial charge < -0.3 is 9.64 Å². The summed E-state index contributed by atoms with van der Waals surface area (Å²) in [6.45, 7) is 0. The largest absolute Gasteiger partial charge is 0.573 e. The van der Waals surface area contributed by atoms with E-state index in [9.17, 15) is 18.0 Å². The lowest BCUT2D eigenvalue weighted by atomic mass is 10.1. The van der Waals surface area contributed by atoms with E-state index in [2.05, 4.69) is 4.74 Å². The summed E-state index contributed by atoms with van der Waals surface area (Å²) in [5.74, 6) is -0.282. The predicted octanol–water partition coefficient (Wildman–Crippen LogP) is 2.61. The lowest BCUT2D eigenvalue weighted by Crippen LogP contribution is -2.21. The first-order valence-electron chi connectivity index (χ1n) is 5.33. The molecule has 0 bridgehead atoms. The van der Waals surface area contributed by atoms with Gasteiger partial charge in [-0.25, -0.2) is 0 Å². The highest BCUT2D eigenvalue weighted by molar-refractivity contribution is 5.75. The van der Waals surface area contributed by atoms with Crippen LogP contribution in [0.4, 0.5) is 13.2 Å². The van der Waals surface area contributed by atoms with Gasteiger partial charge in [0.05, 0.1) is 0 Å². The van der Waals surface area contributed by atoms with Crippen LogP contribution >= 0.6 is 0 Å². The molecule has 0 aliphatic rings. The molecule has 0 saturated carbocycles. The monoisotopic (exact) mass is 261 g/mol. The van der Waals surface area contributed by atoms with E-state index in [-0.39, 0.29) is 11.7 Å². The Kier molecular flexibility index (Phi) is 4.58. The standard InChI is InChI=1S/C12H14F3NO2/c1-16(2)11(17)8-5-9-3-6-10(7-4-9)18-12(13,14)15/h3-4,6-7H,5,8H2,1-2H3. The van der Waals surface area contributed by atoms with Gasteiger partial charge in [-0.05, 0) is 24.1 Å². The molecule has 1 rings (SSSR count). The van der Waals surface area contributed by atoms with Gasteiger partial charge in [-0.1, -0.05) is 12.1 Å². The van der Waals surface area contributed by atoms with Crippen molar-refractivity contribution >= 4 is 5.91 Å². The molecule has 0 aromatic heterocycles. The van der Waals surface area contributed by atoms with Crippen molar-refractivity contribution in [2.75, 3.05) is 14.1 Å². The lowest BCUT2D eigenvalue weighted by Gasteiger charge is -2.11. The zero-order valence-corrected chi connectivity index (χ0v) is 10.1. The van der Waals surface area contributed by atoms with Crippen molar-refractivity contribution in [2.45, 2.75) is 19.2 Å². The Morgan fingerprint density at radius 2 is 1.78 bits per heavy atom. The second-order valence-corrected chi connectivity index (χ2v) is 3.98. The average Bonchev–Trinajstić information content (AvgIpc) is 2.25. The highest BCUT2D eigenvalue weighted by Gasteiger charge is 2.30. The molecular weight excluding hydrogens is 247 g/mol. The molecule has 1 aromatic rings. The molecule has 0 radical (unpaired) electrons. The smallest absolute Gasteiger partial charge is 0.406 e. The van der Waals surface area contributed by atoms with E-state index in [4.69, 9.17) is 0 Å². The number of ether oxygens (including phenoxy) is 1. The zero-order chi connectivity index (χ0) is 13.8. The molecule has 0 saturated heterocycles. The molecule has 0 heterocycles. The molecule has 0 aliphatic carbocycles. The van der Waals surface area contributed by atoms with Crippen LogP contribution in [0.15, 0.2) is 24.3 Å². The van der Waals surface area contributed by atoms with Crippen LogP contribution in [-0.2, 0) is 11.2 Å². The van der Waals surface area contributed by atoms with Crippen LogP contribution in [-0.4, -0.2) is 31.3 Å². The van der Waals surface area contributed by atoms with E-state index in [0.717, 1.165) is 5.56 Å². The maximum Gasteiger partial charge on any atom is 0.573 e. The van der Waals surface area contributed by atoms with Gasteiger partial charge in [0.25, 0.3) is 0 Å². The van der Waals surface area contributed by atoms with Crippen LogP contribution in [0.5, 0.6) is 5.75 Å². The van der Waals surface area contributed by atoms with Crippen LogP contribution in [0.1, 0.15) is 12.0 Å². The Bertz CT molecular complexity index is 399. The summed E-state index contributed by atoms with van der Waals surface area (Å²) in [6, 6.07) is 5.51. The summed E-state index contributed by atoms with van der Waals surface area (Å²) in [7, 11) is 3.31. The molecule has 0 spiro atoms. The molecule has 0 aliphatic heterocycles. The lowest BCUT2D eigenvalue weighted by molar-refractivity contribution is -0.274. The fourth-order valence-electron chi connectivity index (χ4n) is 1.33. The van der Waals surface area contributed by atoms with Gasteiger partial charge in [0.15, 0.2) is 0 Å². The third-order valence-corrected chi connectivity index (χ3v) is 2.28. The van der Waals surface area contributed by atoms with Gasteiger partial charge in [-0.3, -0.25) is 4.79 Å². The Labute approximate surface area is 103 Å². The summed E-state index contributed by atoms with van der Waals surface area (Å²) < 4.78 is 39.5. The van der Waals surface area contributed by atoms with Gasteiger partial charge >= 0.3 is 6.36 Å². The molecule has 18 heavy (non-hydrogen) atoms. The highest BCUT2D eigenvalue weighted by atomic mass is 19.4. The minimum Gasteiger partial charge on any atom is -0.406 e. The highest BCUT2D eigenvalue weighted by Crippen LogP contribution is 2.22. The first-order chi connectivity index (χ1) is 8.28. The molecule has 0 N–H and O–H groups in total. The molecule has 1 amide bonds. The van der Waals surface area contributed by atoms with E-state index in [0.29, 0.717) is 12.8 Å². The minimum atomic E-state index is -4.68. The summed E-state index contributed by atoms with van der Waals surface area (Å²) in [5.41, 5.74) is 0.791. The third kappa shape index (κ3) is 5.07. The number of hydrogen-bond donors (Lipinski definition) is 0. The Morgan fingerprint density at radius 1 is 1.22 bits per heavy atom. The Balaban J connectivity index is 2.53. The van der Waals surface area contributed by atoms with Crippen LogP contribution in [0.3, 0.4) is 0 Å². The molecule has 1 aromatic carbocycles. The number of carbonyl (C=O) groups excluding carboxylic acids is 1. The summed E-state index contributed by atoms with van der Waals surface area (Å²) in [4.78, 5) is 12.8. The van der Waals surface area contributed by atoms with E-state index in [1.54, 1.807) is 14.1 Å². The Hall–Kier alpha value is -1.72. The number of rotatable bonds is 4. The van der Waals surface area contributed by atoms with Crippen molar-refractivity contribution in [1.29, 1.82) is 0 Å². The minimum absolute atomic E-state index is 0.0226. The number of carbonyl (C=O) groups is 1. The molecule has 0 unspecified atom stereocenters. The van der Waals surface area contributed by atoms with Gasteiger partial charge in [0, 0.05) is 20.5 Å². The fourth-order valence-corrected chi connectivity index (χ4v) is 1.33. The first-order valence-corrected chi connectivity index (χ1v) is 5.33. The van der Waals surface area contributed by atoms with Crippen molar-refractivity contribution in [1.82, 2.24) is 4.90 Å². The number of alkyl halides is 3. The summed E-state index contributed by atoms with van der Waals surface area (Å²) >= 11 is 0. The summed E-state index contributed by atoms with van der Waals surface area (Å²) in [6.07, 6.45) is -3.86. The average molecular weight is 261 g/mol. The maximum absolute atomic E-state index is 11.9. The fraction of sp³-hybridized carbons (Fsp3) is 0.417. The van der Waals surface area contributed by atoms with Crippen LogP contribution < -0.4 is 4.74 Å². The number of halogens is 3. The quantitative estimate of drug-likeness (QED) is 0.833. The number of nitrogens with zero attached hydrogens (tertiary/aromatic N) is 1. The molecule has 0 atom stereocenters. The summed E-state index contributed by atoms with van der Waals surface area (Å²) in [5, 5.41) is 0. The second kappa shape index (κ2) is 5.75. The van der Waals surface area contributed by atoms with Crippen molar-refractivity contribution in [3.05, 3.63) is 29.8 Å². The predicted molar refractivity (Wildman–Crippen MR) is 60.1 cm³/mol. The van der Waals surface area contributed by atoms with E-state index >= 15 is 0 Å². The van der Waals surface area contributed by atoms with Crippen molar-refractivity contribution in [3.8, 4) is 5.75 Å². The van der Waals surface area contributed by atoms with Crippen LogP contribution in [0.2, 0.25) is 0 Å². The number of amides is 1. The van der Waals surface area contributed by atoms with E-state index in [1.807, 2.05) is 0 Å². The van der Waals surface area contributed by atoms with Crippen molar-refractivity contribution in [3.63, 3.8) is 0 Å². The molecular formula is C12H14F3NO2. The van der Waals surface area contributed by atoms with Gasteiger partial charge in [0.2, 0.25) is 5.91 Å². The van der Waals surface area contributed by atoms with Crippen LogP contribution in [0.25, 0.3) is 0 Å². The van der Waals surface area contributed by atoms with E-state index < -0.39 is 6.36 Å². The Morgan fingerprint density at radius 3 is 2.22 bits per heavy atom. The van der Waals surface area contributed by atoms with Crippen molar-refractivity contribution < 1.29 is 22.7 Å². The van der Waals surface area contributed by atoms with E-state index in [1.165, 1.54) is 29.2 Å². The maximum atomic E-state index is 11.9. The van der Waals surface area contributed by atoms with Crippen molar-refractivity contribution in [2.24, 2.45) is 0 Å². The third-order valence-electron chi connectivity index (χ3n) is 2.28. The molecule has 0 fully saturated rings. The molecule has 6 heteroatoms. The topological polar surface area (TPSA) is 29.5 Å². The normalized spacial score (nSPS) is 11.2. The number of benzene rings is 1. The number of aryl methyl sites for hydroxylation is 1.